The Bertz CT molecular complexity index is 1110. The zero-order valence-corrected chi connectivity index (χ0v) is 18.7. The van der Waals surface area contributed by atoms with Crippen molar-refractivity contribution < 1.29 is 14.3 Å². The van der Waals surface area contributed by atoms with E-state index in [4.69, 9.17) is 4.74 Å². The Morgan fingerprint density at radius 1 is 1.17 bits per heavy atom. The van der Waals surface area contributed by atoms with Gasteiger partial charge in [0, 0.05) is 4.90 Å². The second-order valence-corrected chi connectivity index (χ2v) is 8.59. The topological polar surface area (TPSA) is 60.7 Å². The number of carbonyl (C=O) groups excluding carboxylic acids is 2. The largest absolute Gasteiger partial charge is 0.465 e. The summed E-state index contributed by atoms with van der Waals surface area (Å²) < 4.78 is 7.93. The van der Waals surface area contributed by atoms with Gasteiger partial charge in [0.25, 0.3) is 5.91 Å². The van der Waals surface area contributed by atoms with E-state index in [9.17, 15) is 9.59 Å². The quantitative estimate of drug-likeness (QED) is 0.434. The molecule has 1 heterocycles. The van der Waals surface area contributed by atoms with Crippen molar-refractivity contribution in [2.24, 2.45) is 4.99 Å². The Hall–Kier alpha value is -2.38. The van der Waals surface area contributed by atoms with E-state index in [1.807, 2.05) is 50.4 Å². The lowest BCUT2D eigenvalue weighted by atomic mass is 10.1. The summed E-state index contributed by atoms with van der Waals surface area (Å²) in [5, 5.41) is 0. The van der Waals surface area contributed by atoms with Crippen molar-refractivity contribution in [1.82, 2.24) is 4.57 Å². The fraction of sp³-hybridized carbons (Fsp3) is 0.318. The van der Waals surface area contributed by atoms with E-state index < -0.39 is 0 Å². The van der Waals surface area contributed by atoms with Gasteiger partial charge in [0.1, 0.15) is 6.54 Å². The van der Waals surface area contributed by atoms with Crippen molar-refractivity contribution in [3.8, 4) is 0 Å². The minimum Gasteiger partial charge on any atom is -0.465 e. The molecule has 5 nitrogen and oxygen atoms in total. The van der Waals surface area contributed by atoms with Gasteiger partial charge in [-0.25, -0.2) is 0 Å². The van der Waals surface area contributed by atoms with E-state index in [2.05, 4.69) is 11.1 Å². The van der Waals surface area contributed by atoms with Crippen LogP contribution in [0.15, 0.2) is 46.3 Å². The highest BCUT2D eigenvalue weighted by Gasteiger charge is 2.14. The lowest BCUT2D eigenvalue weighted by Crippen LogP contribution is -2.23. The predicted molar refractivity (Wildman–Crippen MR) is 118 cm³/mol. The zero-order valence-electron chi connectivity index (χ0n) is 17.0. The smallest absolute Gasteiger partial charge is 0.326 e. The maximum absolute atomic E-state index is 12.6. The summed E-state index contributed by atoms with van der Waals surface area (Å²) in [5.41, 5.74) is 4.01. The van der Waals surface area contributed by atoms with Crippen molar-refractivity contribution in [3.05, 3.63) is 57.9 Å². The molecule has 0 aliphatic rings. The highest BCUT2D eigenvalue weighted by atomic mass is 32.2. The second kappa shape index (κ2) is 9.41. The molecule has 0 spiro atoms. The summed E-state index contributed by atoms with van der Waals surface area (Å²) >= 11 is 3.09. The molecule has 0 N–H and O–H groups in total. The Balaban J connectivity index is 2.00. The molecule has 0 saturated heterocycles. The van der Waals surface area contributed by atoms with Gasteiger partial charge in [-0.1, -0.05) is 29.5 Å². The van der Waals surface area contributed by atoms with Gasteiger partial charge in [0.2, 0.25) is 0 Å². The number of thiazole rings is 1. The number of esters is 1. The number of hydrogen-bond acceptors (Lipinski definition) is 5. The molecular formula is C22H24N2O3S2. The highest BCUT2D eigenvalue weighted by molar-refractivity contribution is 7.98. The number of rotatable bonds is 6. The number of benzene rings is 2. The molecule has 0 radical (unpaired) electrons. The molecule has 2 aromatic carbocycles. The van der Waals surface area contributed by atoms with Crippen LogP contribution in [0.5, 0.6) is 0 Å². The van der Waals surface area contributed by atoms with E-state index in [0.717, 1.165) is 31.8 Å². The molecule has 0 saturated carbocycles. The van der Waals surface area contributed by atoms with Gasteiger partial charge in [0.15, 0.2) is 4.80 Å². The first-order chi connectivity index (χ1) is 13.9. The van der Waals surface area contributed by atoms with Crippen molar-refractivity contribution >= 4 is 45.2 Å². The molecule has 3 aromatic rings. The minimum absolute atomic E-state index is 0.0330. The van der Waals surface area contributed by atoms with Crippen molar-refractivity contribution in [3.63, 3.8) is 0 Å². The fourth-order valence-corrected chi connectivity index (χ4v) is 4.66. The molecule has 152 valence electrons. The van der Waals surface area contributed by atoms with Crippen LogP contribution in [0.2, 0.25) is 0 Å². The zero-order chi connectivity index (χ0) is 21.0. The van der Waals surface area contributed by atoms with Crippen LogP contribution in [0.1, 0.15) is 23.6 Å². The monoisotopic (exact) mass is 428 g/mol. The van der Waals surface area contributed by atoms with Crippen LogP contribution in [0.25, 0.3) is 10.2 Å². The first-order valence-corrected chi connectivity index (χ1v) is 11.4. The molecule has 1 amide bonds. The van der Waals surface area contributed by atoms with Crippen LogP contribution < -0.4 is 4.80 Å². The lowest BCUT2D eigenvalue weighted by molar-refractivity contribution is -0.143. The van der Waals surface area contributed by atoms with Gasteiger partial charge in [0.05, 0.1) is 23.2 Å². The summed E-state index contributed by atoms with van der Waals surface area (Å²) in [6, 6.07) is 12.0. The number of aryl methyl sites for hydroxylation is 2. The third kappa shape index (κ3) is 5.16. The van der Waals surface area contributed by atoms with Gasteiger partial charge in [-0.3, -0.25) is 9.59 Å². The van der Waals surface area contributed by atoms with Crippen LogP contribution in [-0.4, -0.2) is 29.3 Å². The van der Waals surface area contributed by atoms with Gasteiger partial charge in [-0.15, -0.1) is 11.8 Å². The van der Waals surface area contributed by atoms with Crippen molar-refractivity contribution in [2.45, 2.75) is 38.6 Å². The predicted octanol–water partition coefficient (Wildman–Crippen LogP) is 4.27. The third-order valence-electron chi connectivity index (χ3n) is 4.44. The number of ether oxygens (including phenoxy) is 1. The summed E-state index contributed by atoms with van der Waals surface area (Å²) in [7, 11) is 0. The molecule has 3 rings (SSSR count). The highest BCUT2D eigenvalue weighted by Crippen LogP contribution is 2.23. The van der Waals surface area contributed by atoms with Gasteiger partial charge in [-0.2, -0.15) is 4.99 Å². The number of thioether (sulfide) groups is 1. The molecule has 0 bridgehead atoms. The Kier molecular flexibility index (Phi) is 6.92. The number of aromatic nitrogens is 1. The number of carbonyl (C=O) groups is 2. The number of fused-ring (bicyclic) bond motifs is 1. The van der Waals surface area contributed by atoms with Crippen molar-refractivity contribution in [2.75, 3.05) is 12.9 Å². The first kappa shape index (κ1) is 21.3. The van der Waals surface area contributed by atoms with Gasteiger partial charge >= 0.3 is 5.97 Å². The molecule has 0 aliphatic carbocycles. The molecule has 29 heavy (non-hydrogen) atoms. The van der Waals surface area contributed by atoms with Gasteiger partial charge < -0.3 is 9.30 Å². The second-order valence-electron chi connectivity index (χ2n) is 6.74. The average molecular weight is 429 g/mol. The van der Waals surface area contributed by atoms with E-state index in [-0.39, 0.29) is 24.8 Å². The fourth-order valence-electron chi connectivity index (χ4n) is 3.15. The molecule has 0 aliphatic heterocycles. The summed E-state index contributed by atoms with van der Waals surface area (Å²) in [4.78, 5) is 30.8. The number of hydrogen-bond donors (Lipinski definition) is 0. The van der Waals surface area contributed by atoms with Crippen LogP contribution in [0.3, 0.4) is 0 Å². The van der Waals surface area contributed by atoms with Gasteiger partial charge in [-0.05, 0) is 61.9 Å². The standard InChI is InChI=1S/C22H24N2O3S2/c1-5-27-20(26)13-24-18-11-14(2)10-15(3)21(18)29-22(24)23-19(25)12-16-6-8-17(28-4)9-7-16/h6-11H,5,12-13H2,1-4H3. The first-order valence-electron chi connectivity index (χ1n) is 9.38. The van der Waals surface area contributed by atoms with E-state index in [1.54, 1.807) is 23.3 Å². The summed E-state index contributed by atoms with van der Waals surface area (Å²) in [5.74, 6) is -0.576. The average Bonchev–Trinajstić information content (AvgIpc) is 3.00. The van der Waals surface area contributed by atoms with E-state index in [0.29, 0.717) is 11.4 Å². The summed E-state index contributed by atoms with van der Waals surface area (Å²) in [6.07, 6.45) is 2.24. The Labute approximate surface area is 178 Å². The van der Waals surface area contributed by atoms with Crippen LogP contribution in [0.4, 0.5) is 0 Å². The van der Waals surface area contributed by atoms with Crippen molar-refractivity contribution in [1.29, 1.82) is 0 Å². The normalized spacial score (nSPS) is 11.8. The molecule has 0 atom stereocenters. The molecule has 7 heteroatoms. The van der Waals surface area contributed by atoms with Crippen LogP contribution in [0, 0.1) is 13.8 Å². The Morgan fingerprint density at radius 3 is 2.55 bits per heavy atom. The number of amides is 1. The maximum Gasteiger partial charge on any atom is 0.326 e. The lowest BCUT2D eigenvalue weighted by Gasteiger charge is -2.06. The SMILES string of the molecule is CCOC(=O)Cn1c(=NC(=O)Cc2ccc(SC)cc2)sc2c(C)cc(C)cc21. The van der Waals surface area contributed by atoms with Crippen LogP contribution >= 0.6 is 23.1 Å². The molecule has 1 aromatic heterocycles. The van der Waals surface area contributed by atoms with E-state index >= 15 is 0 Å². The Morgan fingerprint density at radius 2 is 1.90 bits per heavy atom. The molecule has 0 unspecified atom stereocenters. The third-order valence-corrected chi connectivity index (χ3v) is 6.41. The van der Waals surface area contributed by atoms with Crippen LogP contribution in [-0.2, 0) is 27.3 Å². The van der Waals surface area contributed by atoms with E-state index in [1.165, 1.54) is 11.3 Å². The molecular weight excluding hydrogens is 404 g/mol. The number of nitrogens with zero attached hydrogens (tertiary/aromatic N) is 2. The minimum atomic E-state index is -0.340. The molecule has 0 fully saturated rings. The summed E-state index contributed by atoms with van der Waals surface area (Å²) in [6.45, 7) is 6.17. The maximum atomic E-state index is 12.6.